The lowest BCUT2D eigenvalue weighted by Crippen LogP contribution is -2.10. The minimum absolute atomic E-state index is 0.316. The quantitative estimate of drug-likeness (QED) is 0.726. The fourth-order valence-corrected chi connectivity index (χ4v) is 1.77. The first-order valence-corrected chi connectivity index (χ1v) is 4.58. The highest BCUT2D eigenvalue weighted by molar-refractivity contribution is 5.70. The second kappa shape index (κ2) is 2.41. The molecule has 0 aromatic heterocycles. The molecule has 0 aliphatic carbocycles. The highest BCUT2D eigenvalue weighted by Gasteiger charge is 2.32. The summed E-state index contributed by atoms with van der Waals surface area (Å²) in [5, 5.41) is 9.74. The first-order valence-electron chi connectivity index (χ1n) is 4.58. The lowest BCUT2D eigenvalue weighted by atomic mass is 9.91. The molecule has 0 atom stereocenters. The van der Waals surface area contributed by atoms with Gasteiger partial charge < -0.3 is 9.84 Å². The molecule has 1 N–H and O–H groups in total. The van der Waals surface area contributed by atoms with Crippen LogP contribution in [-0.2, 0) is 0 Å². The molecule has 0 saturated heterocycles. The first kappa shape index (κ1) is 8.42. The molecule has 0 spiro atoms. The normalized spacial score (nSPS) is 12.7. The fourth-order valence-electron chi connectivity index (χ4n) is 1.77. The Morgan fingerprint density at radius 2 is 1.69 bits per heavy atom. The van der Waals surface area contributed by atoms with Crippen LogP contribution in [0.5, 0.6) is 17.2 Å². The van der Waals surface area contributed by atoms with Gasteiger partial charge in [0.25, 0.3) is 0 Å². The molecule has 1 aromatic rings. The molecule has 13 heavy (non-hydrogen) atoms. The highest BCUT2D eigenvalue weighted by atomic mass is 16.5. The molecule has 0 unspecified atom stereocenters. The summed E-state index contributed by atoms with van der Waals surface area (Å²) in [5.41, 5.74) is 3.18. The van der Waals surface area contributed by atoms with E-state index in [0.717, 1.165) is 16.9 Å². The lowest BCUT2D eigenvalue weighted by molar-refractivity contribution is 0.356. The van der Waals surface area contributed by atoms with Crippen molar-refractivity contribution in [1.82, 2.24) is 0 Å². The molecular formula is C11H14O2. The number of aromatic hydroxyl groups is 1. The summed E-state index contributed by atoms with van der Waals surface area (Å²) in [5.74, 6) is 2.40. The van der Waals surface area contributed by atoms with Crippen molar-refractivity contribution < 1.29 is 9.84 Å². The average molecular weight is 178 g/mol. The van der Waals surface area contributed by atoms with E-state index in [0.29, 0.717) is 17.4 Å². The van der Waals surface area contributed by atoms with Crippen LogP contribution < -0.4 is 4.74 Å². The molecule has 1 aromatic carbocycles. The third kappa shape index (κ3) is 0.886. The van der Waals surface area contributed by atoms with Crippen molar-refractivity contribution in [2.45, 2.75) is 33.6 Å². The predicted octanol–water partition coefficient (Wildman–Crippen LogP) is 3.24. The smallest absolute Gasteiger partial charge is 0.176 e. The van der Waals surface area contributed by atoms with Crippen molar-refractivity contribution >= 4 is 0 Å². The van der Waals surface area contributed by atoms with Crippen LogP contribution in [0.2, 0.25) is 0 Å². The summed E-state index contributed by atoms with van der Waals surface area (Å²) in [6.07, 6.45) is 0. The Morgan fingerprint density at radius 1 is 1.08 bits per heavy atom. The van der Waals surface area contributed by atoms with Gasteiger partial charge in [0.15, 0.2) is 11.5 Å². The van der Waals surface area contributed by atoms with E-state index in [1.165, 1.54) is 5.56 Å². The van der Waals surface area contributed by atoms with Gasteiger partial charge in [-0.05, 0) is 25.3 Å². The summed E-state index contributed by atoms with van der Waals surface area (Å²) in [6.45, 7) is 8.13. The Bertz CT molecular complexity index is 349. The van der Waals surface area contributed by atoms with Crippen LogP contribution in [0.25, 0.3) is 0 Å². The molecular weight excluding hydrogens is 164 g/mol. The number of phenols is 1. The van der Waals surface area contributed by atoms with E-state index in [2.05, 4.69) is 13.8 Å². The third-order valence-corrected chi connectivity index (χ3v) is 2.74. The number of phenolic OH excluding ortho intramolecular Hbond substituents is 1. The van der Waals surface area contributed by atoms with Crippen molar-refractivity contribution in [2.75, 3.05) is 0 Å². The SMILES string of the molecule is Cc1c(C)c2c(C(C)C)c(c1O)O2. The Hall–Kier alpha value is -1.18. The van der Waals surface area contributed by atoms with Crippen molar-refractivity contribution in [2.24, 2.45) is 0 Å². The molecule has 3 rings (SSSR count). The van der Waals surface area contributed by atoms with Gasteiger partial charge in [0.1, 0.15) is 5.75 Å². The number of rotatable bonds is 1. The summed E-state index contributed by atoms with van der Waals surface area (Å²) < 4.78 is 5.40. The Balaban J connectivity index is 2.69. The van der Waals surface area contributed by atoms with Gasteiger partial charge in [0.05, 0.1) is 0 Å². The van der Waals surface area contributed by atoms with E-state index in [1.807, 2.05) is 13.8 Å². The zero-order valence-corrected chi connectivity index (χ0v) is 8.43. The van der Waals surface area contributed by atoms with Crippen molar-refractivity contribution in [1.29, 1.82) is 0 Å². The van der Waals surface area contributed by atoms with Crippen LogP contribution >= 0.6 is 0 Å². The van der Waals surface area contributed by atoms with E-state index < -0.39 is 0 Å². The third-order valence-electron chi connectivity index (χ3n) is 2.74. The van der Waals surface area contributed by atoms with E-state index >= 15 is 0 Å². The number of fused-ring (bicyclic) bond motifs is 2. The second-order valence-electron chi connectivity index (χ2n) is 3.93. The summed E-state index contributed by atoms with van der Waals surface area (Å²) in [7, 11) is 0. The van der Waals surface area contributed by atoms with Gasteiger partial charge in [-0.15, -0.1) is 0 Å². The number of benzene rings is 1. The van der Waals surface area contributed by atoms with Crippen LogP contribution in [0.4, 0.5) is 0 Å². The maximum atomic E-state index is 9.74. The summed E-state index contributed by atoms with van der Waals surface area (Å²) in [4.78, 5) is 0. The van der Waals surface area contributed by atoms with Crippen molar-refractivity contribution in [3.8, 4) is 17.2 Å². The van der Waals surface area contributed by atoms with Gasteiger partial charge in [0.2, 0.25) is 0 Å². The molecule has 2 bridgehead atoms. The minimum atomic E-state index is 0.316. The molecule has 2 aliphatic rings. The standard InChI is InChI=1S/C11H14O2/c1-5(2)8-10-7(4)6(3)9(12)11(8)13-10/h5,12H,1-4H3. The predicted molar refractivity (Wildman–Crippen MR) is 51.7 cm³/mol. The summed E-state index contributed by atoms with van der Waals surface area (Å²) >= 11 is 0. The maximum absolute atomic E-state index is 9.74. The van der Waals surface area contributed by atoms with Crippen LogP contribution in [0.1, 0.15) is 36.5 Å². The highest BCUT2D eigenvalue weighted by Crippen LogP contribution is 2.55. The molecule has 2 heterocycles. The van der Waals surface area contributed by atoms with Gasteiger partial charge in [-0.2, -0.15) is 0 Å². The molecule has 2 nitrogen and oxygen atoms in total. The molecule has 2 aliphatic heterocycles. The number of ether oxygens (including phenoxy) is 1. The van der Waals surface area contributed by atoms with E-state index in [1.54, 1.807) is 0 Å². The van der Waals surface area contributed by atoms with Gasteiger partial charge in [0, 0.05) is 11.1 Å². The molecule has 0 amide bonds. The van der Waals surface area contributed by atoms with Gasteiger partial charge in [-0.1, -0.05) is 13.8 Å². The second-order valence-corrected chi connectivity index (χ2v) is 3.93. The molecule has 0 saturated carbocycles. The number of hydrogen-bond donors (Lipinski definition) is 1. The first-order chi connectivity index (χ1) is 6.04. The monoisotopic (exact) mass is 178 g/mol. The van der Waals surface area contributed by atoms with E-state index in [-0.39, 0.29) is 0 Å². The Labute approximate surface area is 78.2 Å². The number of hydrogen-bond acceptors (Lipinski definition) is 2. The molecule has 0 fully saturated rings. The van der Waals surface area contributed by atoms with E-state index in [4.69, 9.17) is 4.74 Å². The van der Waals surface area contributed by atoms with Crippen LogP contribution in [0, 0.1) is 13.8 Å². The fraction of sp³-hybridized carbons (Fsp3) is 0.455. The Morgan fingerprint density at radius 3 is 2.15 bits per heavy atom. The zero-order chi connectivity index (χ0) is 9.75. The van der Waals surface area contributed by atoms with Gasteiger partial charge in [-0.25, -0.2) is 0 Å². The lowest BCUT2D eigenvalue weighted by Gasteiger charge is -2.30. The largest absolute Gasteiger partial charge is 0.504 e. The zero-order valence-electron chi connectivity index (χ0n) is 8.43. The van der Waals surface area contributed by atoms with Crippen molar-refractivity contribution in [3.05, 3.63) is 16.7 Å². The van der Waals surface area contributed by atoms with Crippen LogP contribution in [-0.4, -0.2) is 5.11 Å². The van der Waals surface area contributed by atoms with Crippen LogP contribution in [0.3, 0.4) is 0 Å². The van der Waals surface area contributed by atoms with Crippen LogP contribution in [0.15, 0.2) is 0 Å². The minimum Gasteiger partial charge on any atom is -0.504 e. The van der Waals surface area contributed by atoms with E-state index in [9.17, 15) is 5.11 Å². The molecule has 70 valence electrons. The van der Waals surface area contributed by atoms with Gasteiger partial charge >= 0.3 is 0 Å². The Kier molecular flexibility index (Phi) is 1.56. The maximum Gasteiger partial charge on any atom is 0.176 e. The topological polar surface area (TPSA) is 29.5 Å². The van der Waals surface area contributed by atoms with Gasteiger partial charge in [-0.3, -0.25) is 0 Å². The molecule has 0 radical (unpaired) electrons. The van der Waals surface area contributed by atoms with Crippen molar-refractivity contribution in [3.63, 3.8) is 0 Å². The molecule has 2 heteroatoms. The average Bonchev–Trinajstić information content (AvgIpc) is 1.96. The summed E-state index contributed by atoms with van der Waals surface area (Å²) in [6, 6.07) is 0.